The predicted molar refractivity (Wildman–Crippen MR) is 97.3 cm³/mol. The molecule has 2 N–H and O–H groups in total. The quantitative estimate of drug-likeness (QED) is 0.789. The van der Waals surface area contributed by atoms with E-state index in [2.05, 4.69) is 38.9 Å². The summed E-state index contributed by atoms with van der Waals surface area (Å²) in [6.07, 6.45) is 5.97. The van der Waals surface area contributed by atoms with Crippen molar-refractivity contribution in [1.29, 1.82) is 0 Å². The molecule has 2 rings (SSSR count). The van der Waals surface area contributed by atoms with Gasteiger partial charge in [0.15, 0.2) is 0 Å². The van der Waals surface area contributed by atoms with Crippen LogP contribution in [0.4, 0.5) is 4.79 Å². The van der Waals surface area contributed by atoms with Crippen LogP contribution >= 0.6 is 0 Å². The van der Waals surface area contributed by atoms with E-state index in [4.69, 9.17) is 0 Å². The lowest BCUT2D eigenvalue weighted by molar-refractivity contribution is -0.121. The van der Waals surface area contributed by atoms with Crippen LogP contribution in [-0.4, -0.2) is 52.1 Å². The standard InChI is InChI=1S/C18H31N5O2/c1-13(2)10-20-18(25)21-16(24)12-22-8-5-6-15(22)11-23-9-7-19-17(23)14(3)4/h7,9,13-15H,5-6,8,10-12H2,1-4H3,(H2,20,21,24,25)/t15-/m0/s1. The third-order valence-corrected chi connectivity index (χ3v) is 4.44. The highest BCUT2D eigenvalue weighted by Crippen LogP contribution is 2.20. The number of nitrogens with zero attached hydrogens (tertiary/aromatic N) is 3. The lowest BCUT2D eigenvalue weighted by Gasteiger charge is -2.25. The van der Waals surface area contributed by atoms with Gasteiger partial charge in [-0.1, -0.05) is 27.7 Å². The van der Waals surface area contributed by atoms with Crippen molar-refractivity contribution in [2.75, 3.05) is 19.6 Å². The molecule has 0 aliphatic carbocycles. The van der Waals surface area contributed by atoms with Crippen molar-refractivity contribution in [3.8, 4) is 0 Å². The van der Waals surface area contributed by atoms with Gasteiger partial charge in [0.2, 0.25) is 5.91 Å². The average Bonchev–Trinajstić information content (AvgIpc) is 3.15. The zero-order valence-corrected chi connectivity index (χ0v) is 15.8. The SMILES string of the molecule is CC(C)CNC(=O)NC(=O)CN1CCC[C@H]1Cn1ccnc1C(C)C. The van der Waals surface area contributed by atoms with Gasteiger partial charge in [0.25, 0.3) is 0 Å². The predicted octanol–water partition coefficient (Wildman–Crippen LogP) is 1.95. The number of carbonyl (C=O) groups is 2. The Morgan fingerprint density at radius 2 is 2.08 bits per heavy atom. The fraction of sp³-hybridized carbons (Fsp3) is 0.722. The third-order valence-electron chi connectivity index (χ3n) is 4.44. The number of hydrogen-bond acceptors (Lipinski definition) is 4. The number of amides is 3. The van der Waals surface area contributed by atoms with Crippen molar-refractivity contribution in [1.82, 2.24) is 25.1 Å². The first-order valence-corrected chi connectivity index (χ1v) is 9.19. The molecule has 1 fully saturated rings. The maximum atomic E-state index is 12.1. The van der Waals surface area contributed by atoms with Crippen LogP contribution in [0.2, 0.25) is 0 Å². The summed E-state index contributed by atoms with van der Waals surface area (Å²) in [5, 5.41) is 5.13. The molecule has 3 amide bonds. The van der Waals surface area contributed by atoms with E-state index in [-0.39, 0.29) is 12.5 Å². The molecule has 7 heteroatoms. The lowest BCUT2D eigenvalue weighted by Crippen LogP contribution is -2.46. The van der Waals surface area contributed by atoms with Gasteiger partial charge in [-0.05, 0) is 25.3 Å². The molecule has 140 valence electrons. The van der Waals surface area contributed by atoms with Crippen LogP contribution in [0.1, 0.15) is 52.3 Å². The Bertz CT molecular complexity index is 582. The summed E-state index contributed by atoms with van der Waals surface area (Å²) in [5.74, 6) is 1.55. The number of aromatic nitrogens is 2. The topological polar surface area (TPSA) is 79.3 Å². The summed E-state index contributed by atoms with van der Waals surface area (Å²) in [7, 11) is 0. The van der Waals surface area contributed by atoms with Crippen molar-refractivity contribution < 1.29 is 9.59 Å². The highest BCUT2D eigenvalue weighted by Gasteiger charge is 2.27. The minimum atomic E-state index is -0.411. The van der Waals surface area contributed by atoms with Crippen LogP contribution in [0.15, 0.2) is 12.4 Å². The van der Waals surface area contributed by atoms with Gasteiger partial charge in [-0.2, -0.15) is 0 Å². The highest BCUT2D eigenvalue weighted by atomic mass is 16.2. The molecule has 2 heterocycles. The lowest BCUT2D eigenvalue weighted by atomic mass is 10.2. The summed E-state index contributed by atoms with van der Waals surface area (Å²) >= 11 is 0. The molecule has 0 unspecified atom stereocenters. The third kappa shape index (κ3) is 5.85. The first kappa shape index (κ1) is 19.4. The molecular weight excluding hydrogens is 318 g/mol. The van der Waals surface area contributed by atoms with E-state index in [0.717, 1.165) is 31.8 Å². The Morgan fingerprint density at radius 1 is 1.32 bits per heavy atom. The number of likely N-dealkylation sites (tertiary alicyclic amines) is 1. The number of rotatable bonds is 7. The van der Waals surface area contributed by atoms with Gasteiger partial charge in [-0.25, -0.2) is 9.78 Å². The Morgan fingerprint density at radius 3 is 2.76 bits per heavy atom. The maximum absolute atomic E-state index is 12.1. The van der Waals surface area contributed by atoms with Crippen LogP contribution in [-0.2, 0) is 11.3 Å². The normalized spacial score (nSPS) is 18.1. The molecule has 1 saturated heterocycles. The Balaban J connectivity index is 1.85. The molecular formula is C18H31N5O2. The number of carbonyl (C=O) groups excluding carboxylic acids is 2. The van der Waals surface area contributed by atoms with Gasteiger partial charge in [0, 0.05) is 37.4 Å². The second-order valence-electron chi connectivity index (χ2n) is 7.51. The van der Waals surface area contributed by atoms with E-state index in [1.807, 2.05) is 26.2 Å². The minimum Gasteiger partial charge on any atom is -0.338 e. The molecule has 0 radical (unpaired) electrons. The van der Waals surface area contributed by atoms with Crippen LogP contribution in [0, 0.1) is 5.92 Å². The van der Waals surface area contributed by atoms with Crippen molar-refractivity contribution in [2.45, 2.75) is 59.0 Å². The van der Waals surface area contributed by atoms with Gasteiger partial charge in [0.1, 0.15) is 5.82 Å². The largest absolute Gasteiger partial charge is 0.338 e. The van der Waals surface area contributed by atoms with Crippen molar-refractivity contribution in [2.24, 2.45) is 5.92 Å². The number of imidazole rings is 1. The molecule has 1 aliphatic heterocycles. The molecule has 1 atom stereocenters. The number of nitrogens with one attached hydrogen (secondary N) is 2. The van der Waals surface area contributed by atoms with Crippen LogP contribution in [0.25, 0.3) is 0 Å². The average molecular weight is 349 g/mol. The van der Waals surface area contributed by atoms with Gasteiger partial charge < -0.3 is 9.88 Å². The Hall–Kier alpha value is -1.89. The molecule has 0 bridgehead atoms. The molecule has 1 aliphatic rings. The van der Waals surface area contributed by atoms with Crippen molar-refractivity contribution >= 4 is 11.9 Å². The van der Waals surface area contributed by atoms with E-state index in [9.17, 15) is 9.59 Å². The summed E-state index contributed by atoms with van der Waals surface area (Å²) in [5.41, 5.74) is 0. The van der Waals surface area contributed by atoms with Crippen molar-refractivity contribution in [3.05, 3.63) is 18.2 Å². The van der Waals surface area contributed by atoms with Gasteiger partial charge in [0.05, 0.1) is 6.54 Å². The summed E-state index contributed by atoms with van der Waals surface area (Å²) in [6, 6.07) is -0.109. The van der Waals surface area contributed by atoms with E-state index in [1.54, 1.807) is 0 Å². The Labute approximate surface area is 150 Å². The highest BCUT2D eigenvalue weighted by molar-refractivity contribution is 5.95. The zero-order valence-electron chi connectivity index (χ0n) is 15.8. The smallest absolute Gasteiger partial charge is 0.321 e. The van der Waals surface area contributed by atoms with Crippen LogP contribution < -0.4 is 10.6 Å². The molecule has 25 heavy (non-hydrogen) atoms. The van der Waals surface area contributed by atoms with E-state index >= 15 is 0 Å². The summed E-state index contributed by atoms with van der Waals surface area (Å²) in [4.78, 5) is 30.5. The molecule has 0 aromatic carbocycles. The van der Waals surface area contributed by atoms with E-state index in [0.29, 0.717) is 24.4 Å². The monoisotopic (exact) mass is 349 g/mol. The first-order chi connectivity index (χ1) is 11.9. The zero-order chi connectivity index (χ0) is 18.4. The second kappa shape index (κ2) is 8.99. The summed E-state index contributed by atoms with van der Waals surface area (Å²) < 4.78 is 2.18. The van der Waals surface area contributed by atoms with Crippen LogP contribution in [0.5, 0.6) is 0 Å². The number of imide groups is 1. The van der Waals surface area contributed by atoms with E-state index < -0.39 is 6.03 Å². The van der Waals surface area contributed by atoms with Crippen LogP contribution in [0.3, 0.4) is 0 Å². The molecule has 0 saturated carbocycles. The second-order valence-corrected chi connectivity index (χ2v) is 7.51. The van der Waals surface area contributed by atoms with E-state index in [1.165, 1.54) is 0 Å². The molecule has 7 nitrogen and oxygen atoms in total. The maximum Gasteiger partial charge on any atom is 0.321 e. The minimum absolute atomic E-state index is 0.247. The fourth-order valence-electron chi connectivity index (χ4n) is 3.20. The molecule has 0 spiro atoms. The fourth-order valence-corrected chi connectivity index (χ4v) is 3.20. The van der Waals surface area contributed by atoms with Gasteiger partial charge in [-0.15, -0.1) is 0 Å². The van der Waals surface area contributed by atoms with Crippen molar-refractivity contribution in [3.63, 3.8) is 0 Å². The summed E-state index contributed by atoms with van der Waals surface area (Å²) in [6.45, 7) is 10.8. The van der Waals surface area contributed by atoms with Gasteiger partial charge in [-0.3, -0.25) is 15.0 Å². The number of hydrogen-bond donors (Lipinski definition) is 2. The van der Waals surface area contributed by atoms with Gasteiger partial charge >= 0.3 is 6.03 Å². The molecule has 1 aromatic heterocycles. The number of urea groups is 1. The Kier molecular flexibility index (Phi) is 6.99. The first-order valence-electron chi connectivity index (χ1n) is 9.19. The molecule has 1 aromatic rings.